The molecule has 0 radical (unpaired) electrons. The maximum absolute atomic E-state index is 4.32. The monoisotopic (exact) mass is 598 g/mol. The van der Waals surface area contributed by atoms with E-state index < -0.39 is 0 Å². The van der Waals surface area contributed by atoms with E-state index in [0.717, 1.165) is 17.7 Å². The van der Waals surface area contributed by atoms with E-state index in [1.165, 1.54) is 93.1 Å². The van der Waals surface area contributed by atoms with Crippen LogP contribution in [0, 0.1) is 0 Å². The van der Waals surface area contributed by atoms with E-state index in [0.29, 0.717) is 5.92 Å². The van der Waals surface area contributed by atoms with Gasteiger partial charge in [0.15, 0.2) is 0 Å². The Hall–Kier alpha value is -5.86. The Kier molecular flexibility index (Phi) is 4.80. The van der Waals surface area contributed by atoms with E-state index in [1.54, 1.807) is 0 Å². The van der Waals surface area contributed by atoms with Gasteiger partial charge in [0.25, 0.3) is 0 Å². The Morgan fingerprint density at radius 3 is 2.23 bits per heavy atom. The summed E-state index contributed by atoms with van der Waals surface area (Å²) in [6.07, 6.45) is 12.2. The van der Waals surface area contributed by atoms with Crippen LogP contribution in [0.1, 0.15) is 47.3 Å². The summed E-state index contributed by atoms with van der Waals surface area (Å²) in [6, 6.07) is 39.0. The van der Waals surface area contributed by atoms with Crippen LogP contribution in [0.5, 0.6) is 0 Å². The molecule has 0 spiro atoms. The number of fused-ring (bicyclic) bond motifs is 9. The minimum absolute atomic E-state index is 0.415. The van der Waals surface area contributed by atoms with Crippen molar-refractivity contribution in [1.82, 2.24) is 9.13 Å². The van der Waals surface area contributed by atoms with Gasteiger partial charge in [-0.25, -0.2) is 0 Å². The highest BCUT2D eigenvalue weighted by Crippen LogP contribution is 2.50. The van der Waals surface area contributed by atoms with E-state index in [2.05, 4.69) is 150 Å². The van der Waals surface area contributed by atoms with Crippen LogP contribution < -0.4 is 0 Å². The molecule has 3 heterocycles. The first-order valence-corrected chi connectivity index (χ1v) is 16.6. The molecule has 0 saturated carbocycles. The molecule has 220 valence electrons. The van der Waals surface area contributed by atoms with Crippen molar-refractivity contribution in [2.45, 2.75) is 19.3 Å². The van der Waals surface area contributed by atoms with Gasteiger partial charge in [-0.3, -0.25) is 0 Å². The number of hydrogen-bond donors (Lipinski definition) is 0. The summed E-state index contributed by atoms with van der Waals surface area (Å²) in [6.45, 7) is 6.42. The highest BCUT2D eigenvalue weighted by atomic mass is 15.0. The Morgan fingerprint density at radius 2 is 1.45 bits per heavy atom. The van der Waals surface area contributed by atoms with E-state index in [1.807, 2.05) is 6.08 Å². The number of nitrogens with zero attached hydrogens (tertiary/aromatic N) is 2. The molecule has 11 rings (SSSR count). The third kappa shape index (κ3) is 3.10. The fourth-order valence-electron chi connectivity index (χ4n) is 9.11. The molecule has 9 aromatic rings. The molecule has 0 amide bonds. The Balaban J connectivity index is 1.29. The molecule has 47 heavy (non-hydrogen) atoms. The van der Waals surface area contributed by atoms with E-state index in [-0.39, 0.29) is 0 Å². The highest BCUT2D eigenvalue weighted by molar-refractivity contribution is 6.24. The topological polar surface area (TPSA) is 9.86 Å². The Bertz CT molecular complexity index is 2840. The van der Waals surface area contributed by atoms with Gasteiger partial charge in [0.05, 0.1) is 16.7 Å². The summed E-state index contributed by atoms with van der Waals surface area (Å²) in [5.74, 6) is 0.415. The number of aromatic nitrogens is 2. The number of benzene rings is 7. The fourth-order valence-corrected chi connectivity index (χ4v) is 9.11. The van der Waals surface area contributed by atoms with E-state index in [9.17, 15) is 0 Å². The number of rotatable bonds is 3. The van der Waals surface area contributed by atoms with Gasteiger partial charge in [-0.05, 0) is 93.0 Å². The lowest BCUT2D eigenvalue weighted by molar-refractivity contribution is 0.820. The van der Waals surface area contributed by atoms with Gasteiger partial charge in [0.1, 0.15) is 0 Å². The lowest BCUT2D eigenvalue weighted by Gasteiger charge is -2.16. The van der Waals surface area contributed by atoms with Gasteiger partial charge in [-0.1, -0.05) is 104 Å². The van der Waals surface area contributed by atoms with Crippen LogP contribution in [0.25, 0.3) is 94.5 Å². The molecule has 7 aromatic carbocycles. The molecule has 1 atom stereocenters. The second kappa shape index (κ2) is 8.90. The molecule has 1 aliphatic carbocycles. The predicted molar refractivity (Wildman–Crippen MR) is 202 cm³/mol. The molecule has 0 saturated heterocycles. The summed E-state index contributed by atoms with van der Waals surface area (Å²) >= 11 is 0. The molecule has 1 aliphatic heterocycles. The second-order valence-electron chi connectivity index (χ2n) is 13.3. The zero-order chi connectivity index (χ0) is 31.0. The molecular formula is C45H30N2. The van der Waals surface area contributed by atoms with Crippen molar-refractivity contribution in [3.63, 3.8) is 0 Å². The van der Waals surface area contributed by atoms with Crippen molar-refractivity contribution in [1.29, 1.82) is 0 Å². The lowest BCUT2D eigenvalue weighted by Crippen LogP contribution is -2.00. The molecule has 2 aliphatic rings. The number of para-hydroxylation sites is 1. The van der Waals surface area contributed by atoms with Crippen molar-refractivity contribution in [3.8, 4) is 11.4 Å². The van der Waals surface area contributed by atoms with Crippen molar-refractivity contribution in [2.24, 2.45) is 0 Å². The maximum Gasteiger partial charge on any atom is 0.0620 e. The van der Waals surface area contributed by atoms with Crippen LogP contribution in [0.4, 0.5) is 0 Å². The molecule has 1 unspecified atom stereocenters. The van der Waals surface area contributed by atoms with Gasteiger partial charge in [-0.15, -0.1) is 0 Å². The van der Waals surface area contributed by atoms with Gasteiger partial charge >= 0.3 is 0 Å². The zero-order valence-corrected chi connectivity index (χ0v) is 26.1. The standard InChI is InChI=1S/C45H30N2/c1-3-9-39-32(4-2)36-21-20-28-24-38-35-14-8-13-34-33-12-5-6-15-40(33)47(44(34)35)41(38)25-37(28)45(36)46(39)31-22-29-18-16-26-10-7-11-27-17-19-30(23-31)43(29)42(26)27/h3-12,14-25,34H,2,13H2,1H3/b9-3-. The number of hydrogen-bond acceptors (Lipinski definition) is 0. The first-order chi connectivity index (χ1) is 23.2. The largest absolute Gasteiger partial charge is 0.312 e. The molecule has 2 aromatic heterocycles. The molecule has 0 N–H and O–H groups in total. The zero-order valence-electron chi connectivity index (χ0n) is 26.1. The summed E-state index contributed by atoms with van der Waals surface area (Å²) in [5.41, 5.74) is 11.6. The number of allylic oxidation sites excluding steroid dienone is 2. The summed E-state index contributed by atoms with van der Waals surface area (Å²) in [4.78, 5) is 0. The first kappa shape index (κ1) is 25.3. The predicted octanol–water partition coefficient (Wildman–Crippen LogP) is 12.2. The quantitative estimate of drug-likeness (QED) is 0.179. The third-order valence-electron chi connectivity index (χ3n) is 11.0. The Labute approximate surface area is 272 Å². The minimum atomic E-state index is 0.415. The molecular weight excluding hydrogens is 569 g/mol. The molecule has 0 bridgehead atoms. The fraction of sp³-hybridized carbons (Fsp3) is 0.0667. The minimum Gasteiger partial charge on any atom is -0.312 e. The van der Waals surface area contributed by atoms with Crippen molar-refractivity contribution in [3.05, 3.63) is 150 Å². The molecule has 2 nitrogen and oxygen atoms in total. The van der Waals surface area contributed by atoms with Crippen LogP contribution in [0.15, 0.2) is 122 Å². The highest BCUT2D eigenvalue weighted by Gasteiger charge is 2.34. The smallest absolute Gasteiger partial charge is 0.0620 e. The molecule has 0 fully saturated rings. The van der Waals surface area contributed by atoms with Crippen LogP contribution in [0.2, 0.25) is 0 Å². The normalized spacial score (nSPS) is 15.4. The van der Waals surface area contributed by atoms with Crippen LogP contribution in [-0.2, 0) is 0 Å². The SMILES string of the molecule is C=Cc1c(/C=C\C)n(-c2cc3ccc4cccc5ccc(c2)c3c45)c2c1ccc1cc3c4c5n(c3cc12)-c1ccccc1C5CC=C4. The average Bonchev–Trinajstić information content (AvgIpc) is 3.74. The van der Waals surface area contributed by atoms with Crippen LogP contribution in [0.3, 0.4) is 0 Å². The van der Waals surface area contributed by atoms with E-state index in [4.69, 9.17) is 0 Å². The molecule has 2 heteroatoms. The lowest BCUT2D eigenvalue weighted by atomic mass is 9.87. The van der Waals surface area contributed by atoms with Gasteiger partial charge in [-0.2, -0.15) is 0 Å². The van der Waals surface area contributed by atoms with Crippen molar-refractivity contribution < 1.29 is 0 Å². The summed E-state index contributed by atoms with van der Waals surface area (Å²) in [5, 5.41) is 12.9. The average molecular weight is 599 g/mol. The Morgan fingerprint density at radius 1 is 0.702 bits per heavy atom. The van der Waals surface area contributed by atoms with E-state index >= 15 is 0 Å². The first-order valence-electron chi connectivity index (χ1n) is 16.6. The summed E-state index contributed by atoms with van der Waals surface area (Å²) < 4.78 is 5.03. The van der Waals surface area contributed by atoms with Gasteiger partial charge < -0.3 is 9.13 Å². The van der Waals surface area contributed by atoms with Gasteiger partial charge in [0, 0.05) is 50.3 Å². The van der Waals surface area contributed by atoms with Crippen molar-refractivity contribution in [2.75, 3.05) is 0 Å². The van der Waals surface area contributed by atoms with Crippen LogP contribution in [-0.4, -0.2) is 9.13 Å². The second-order valence-corrected chi connectivity index (χ2v) is 13.3. The van der Waals surface area contributed by atoms with Crippen molar-refractivity contribution >= 4 is 83.1 Å². The third-order valence-corrected chi connectivity index (χ3v) is 11.0. The van der Waals surface area contributed by atoms with Gasteiger partial charge in [0.2, 0.25) is 0 Å². The summed E-state index contributed by atoms with van der Waals surface area (Å²) in [7, 11) is 0. The van der Waals surface area contributed by atoms with Crippen LogP contribution >= 0.6 is 0 Å². The maximum atomic E-state index is 4.32.